The Bertz CT molecular complexity index is 798. The summed E-state index contributed by atoms with van der Waals surface area (Å²) >= 11 is 0. The van der Waals surface area contributed by atoms with Crippen molar-refractivity contribution in [3.63, 3.8) is 0 Å². The average Bonchev–Trinajstić information content (AvgIpc) is 3.14. The van der Waals surface area contributed by atoms with Gasteiger partial charge in [-0.2, -0.15) is 9.40 Å². The summed E-state index contributed by atoms with van der Waals surface area (Å²) in [4.78, 5) is 11.0. The molecule has 8 nitrogen and oxygen atoms in total. The van der Waals surface area contributed by atoms with Crippen molar-refractivity contribution >= 4 is 15.8 Å². The number of piperazine rings is 1. The Balaban J connectivity index is 1.71. The Morgan fingerprint density at radius 1 is 1.12 bits per heavy atom. The minimum absolute atomic E-state index is 0.236. The van der Waals surface area contributed by atoms with Gasteiger partial charge in [-0.3, -0.25) is 0 Å². The lowest BCUT2D eigenvalue weighted by molar-refractivity contribution is 0.383. The number of sulfonamides is 1. The zero-order valence-corrected chi connectivity index (χ0v) is 15.5. The topological polar surface area (TPSA) is 84.2 Å². The Labute approximate surface area is 148 Å². The third kappa shape index (κ3) is 4.16. The highest BCUT2D eigenvalue weighted by molar-refractivity contribution is 7.89. The molecule has 0 radical (unpaired) electrons. The van der Waals surface area contributed by atoms with E-state index in [4.69, 9.17) is 0 Å². The highest BCUT2D eigenvalue weighted by Gasteiger charge is 2.27. The number of anilines is 1. The van der Waals surface area contributed by atoms with E-state index in [1.54, 1.807) is 15.2 Å². The summed E-state index contributed by atoms with van der Waals surface area (Å²) in [6.45, 7) is 6.09. The molecular weight excluding hydrogens is 340 g/mol. The molecule has 3 heterocycles. The van der Waals surface area contributed by atoms with E-state index < -0.39 is 10.0 Å². The van der Waals surface area contributed by atoms with Crippen LogP contribution in [0.15, 0.2) is 24.5 Å². The molecule has 2 aromatic rings. The van der Waals surface area contributed by atoms with Crippen molar-refractivity contribution in [1.29, 1.82) is 0 Å². The molecule has 9 heteroatoms. The van der Waals surface area contributed by atoms with Crippen molar-refractivity contribution in [3.05, 3.63) is 30.4 Å². The Hall–Kier alpha value is -2.00. The van der Waals surface area contributed by atoms with Gasteiger partial charge in [0.05, 0.1) is 5.75 Å². The van der Waals surface area contributed by atoms with Crippen LogP contribution in [0.2, 0.25) is 0 Å². The van der Waals surface area contributed by atoms with Crippen molar-refractivity contribution < 1.29 is 8.42 Å². The molecule has 0 aliphatic carbocycles. The normalized spacial score (nSPS) is 16.3. The first-order chi connectivity index (χ1) is 12.0. The molecule has 1 aliphatic rings. The lowest BCUT2D eigenvalue weighted by Gasteiger charge is -2.34. The van der Waals surface area contributed by atoms with E-state index in [1.807, 2.05) is 32.2 Å². The first kappa shape index (κ1) is 17.8. The van der Waals surface area contributed by atoms with Gasteiger partial charge >= 0.3 is 0 Å². The molecule has 0 atom stereocenters. The minimum atomic E-state index is -3.14. The Morgan fingerprint density at radius 3 is 2.48 bits per heavy atom. The summed E-state index contributed by atoms with van der Waals surface area (Å²) < 4.78 is 27.9. The SMILES string of the molecule is CCCCS(=O)(=O)N1CCN(c2cc(-n3cccn3)nc(C)n2)CC1. The molecule has 1 aliphatic heterocycles. The van der Waals surface area contributed by atoms with Gasteiger partial charge < -0.3 is 4.90 Å². The maximum Gasteiger partial charge on any atom is 0.214 e. The molecule has 25 heavy (non-hydrogen) atoms. The highest BCUT2D eigenvalue weighted by atomic mass is 32.2. The van der Waals surface area contributed by atoms with Gasteiger partial charge in [0.2, 0.25) is 10.0 Å². The van der Waals surface area contributed by atoms with Gasteiger partial charge in [-0.1, -0.05) is 13.3 Å². The minimum Gasteiger partial charge on any atom is -0.354 e. The van der Waals surface area contributed by atoms with Crippen molar-refractivity contribution in [3.8, 4) is 5.82 Å². The fraction of sp³-hybridized carbons (Fsp3) is 0.562. The molecule has 0 spiro atoms. The lowest BCUT2D eigenvalue weighted by Crippen LogP contribution is -2.49. The van der Waals surface area contributed by atoms with E-state index >= 15 is 0 Å². The van der Waals surface area contributed by atoms with Gasteiger partial charge in [-0.15, -0.1) is 0 Å². The number of aromatic nitrogens is 4. The monoisotopic (exact) mass is 364 g/mol. The number of hydrogen-bond donors (Lipinski definition) is 0. The second-order valence-electron chi connectivity index (χ2n) is 6.14. The quantitative estimate of drug-likeness (QED) is 0.766. The summed E-state index contributed by atoms with van der Waals surface area (Å²) in [7, 11) is -3.14. The summed E-state index contributed by atoms with van der Waals surface area (Å²) in [6, 6.07) is 3.73. The van der Waals surface area contributed by atoms with Crippen molar-refractivity contribution in [1.82, 2.24) is 24.1 Å². The fourth-order valence-corrected chi connectivity index (χ4v) is 4.50. The van der Waals surface area contributed by atoms with Gasteiger partial charge in [0.1, 0.15) is 11.6 Å². The van der Waals surface area contributed by atoms with Gasteiger partial charge in [0, 0.05) is 44.6 Å². The van der Waals surface area contributed by atoms with E-state index in [9.17, 15) is 8.42 Å². The van der Waals surface area contributed by atoms with Crippen LogP contribution in [0.1, 0.15) is 25.6 Å². The number of nitrogens with zero attached hydrogens (tertiary/aromatic N) is 6. The molecule has 2 aromatic heterocycles. The van der Waals surface area contributed by atoms with Crippen LogP contribution < -0.4 is 4.90 Å². The third-order valence-electron chi connectivity index (χ3n) is 4.26. The summed E-state index contributed by atoms with van der Waals surface area (Å²) in [5, 5.41) is 4.21. The molecule has 0 N–H and O–H groups in total. The van der Waals surface area contributed by atoms with Crippen LogP contribution in [0.5, 0.6) is 0 Å². The fourth-order valence-electron chi connectivity index (χ4n) is 2.87. The Morgan fingerprint density at radius 2 is 1.84 bits per heavy atom. The zero-order valence-electron chi connectivity index (χ0n) is 14.7. The second-order valence-corrected chi connectivity index (χ2v) is 8.23. The number of aryl methyl sites for hydroxylation is 1. The van der Waals surface area contributed by atoms with Gasteiger partial charge in [0.25, 0.3) is 0 Å². The molecule has 1 fully saturated rings. The molecule has 3 rings (SSSR count). The van der Waals surface area contributed by atoms with Crippen LogP contribution in [0, 0.1) is 6.92 Å². The smallest absolute Gasteiger partial charge is 0.214 e. The molecule has 0 amide bonds. The number of unbranched alkanes of at least 4 members (excludes halogenated alkanes) is 1. The molecular formula is C16H24N6O2S. The van der Waals surface area contributed by atoms with E-state index in [2.05, 4.69) is 20.0 Å². The first-order valence-electron chi connectivity index (χ1n) is 8.58. The largest absolute Gasteiger partial charge is 0.354 e. The Kier molecular flexibility index (Phi) is 5.33. The molecule has 136 valence electrons. The van der Waals surface area contributed by atoms with Crippen molar-refractivity contribution in [2.45, 2.75) is 26.7 Å². The predicted octanol–water partition coefficient (Wildman–Crippen LogP) is 1.22. The summed E-state index contributed by atoms with van der Waals surface area (Å²) in [5.74, 6) is 2.43. The highest BCUT2D eigenvalue weighted by Crippen LogP contribution is 2.18. The third-order valence-corrected chi connectivity index (χ3v) is 6.22. The predicted molar refractivity (Wildman–Crippen MR) is 96.4 cm³/mol. The van der Waals surface area contributed by atoms with E-state index in [-0.39, 0.29) is 5.75 Å². The van der Waals surface area contributed by atoms with Crippen molar-refractivity contribution in [2.75, 3.05) is 36.8 Å². The van der Waals surface area contributed by atoms with Crippen LogP contribution in [0.25, 0.3) is 5.82 Å². The van der Waals surface area contributed by atoms with E-state index in [0.717, 1.165) is 12.2 Å². The average molecular weight is 364 g/mol. The zero-order chi connectivity index (χ0) is 17.9. The molecule has 0 bridgehead atoms. The molecule has 1 saturated heterocycles. The molecule has 0 saturated carbocycles. The number of rotatable bonds is 6. The summed E-state index contributed by atoms with van der Waals surface area (Å²) in [6.07, 6.45) is 5.14. The maximum atomic E-state index is 12.3. The maximum absolute atomic E-state index is 12.3. The van der Waals surface area contributed by atoms with Crippen LogP contribution in [0.4, 0.5) is 5.82 Å². The molecule has 0 unspecified atom stereocenters. The van der Waals surface area contributed by atoms with Crippen LogP contribution in [-0.2, 0) is 10.0 Å². The van der Waals surface area contributed by atoms with Gasteiger partial charge in [0.15, 0.2) is 5.82 Å². The van der Waals surface area contributed by atoms with Gasteiger partial charge in [-0.05, 0) is 19.4 Å². The van der Waals surface area contributed by atoms with Gasteiger partial charge in [-0.25, -0.2) is 23.1 Å². The second kappa shape index (κ2) is 7.49. The van der Waals surface area contributed by atoms with Crippen molar-refractivity contribution in [2.24, 2.45) is 0 Å². The lowest BCUT2D eigenvalue weighted by atomic mass is 10.3. The van der Waals surface area contributed by atoms with Crippen LogP contribution >= 0.6 is 0 Å². The number of hydrogen-bond acceptors (Lipinski definition) is 6. The summed E-state index contributed by atoms with van der Waals surface area (Å²) in [5.41, 5.74) is 0. The van der Waals surface area contributed by atoms with E-state index in [0.29, 0.717) is 44.2 Å². The standard InChI is InChI=1S/C16H24N6O2S/c1-3-4-12-25(23,24)21-10-8-20(9-11-21)15-13-16(19-14(2)18-15)22-7-5-6-17-22/h5-7,13H,3-4,8-12H2,1-2H3. The first-order valence-corrected chi connectivity index (χ1v) is 10.2. The van der Waals surface area contributed by atoms with Crippen LogP contribution in [-0.4, -0.2) is 64.4 Å². The van der Waals surface area contributed by atoms with E-state index in [1.165, 1.54) is 0 Å². The van der Waals surface area contributed by atoms with Crippen LogP contribution in [0.3, 0.4) is 0 Å². The molecule has 0 aromatic carbocycles.